The van der Waals surface area contributed by atoms with Crippen molar-refractivity contribution in [1.29, 1.82) is 0 Å². The average Bonchev–Trinajstić information content (AvgIpc) is 2.98. The number of anilines is 1. The molecule has 2 aromatic rings. The maximum Gasteiger partial charge on any atom is 0.262 e. The number of carbonyl (C=O) groups excluding carboxylic acids is 2. The van der Waals surface area contributed by atoms with Gasteiger partial charge in [-0.15, -0.1) is 11.3 Å². The second-order valence-electron chi connectivity index (χ2n) is 5.17. The number of benzene rings is 1. The summed E-state index contributed by atoms with van der Waals surface area (Å²) in [6, 6.07) is 9.82. The van der Waals surface area contributed by atoms with Crippen LogP contribution in [0.1, 0.15) is 23.5 Å². The third kappa shape index (κ3) is 4.32. The fourth-order valence-corrected chi connectivity index (χ4v) is 2.76. The Morgan fingerprint density at radius 1 is 1.18 bits per heavy atom. The normalized spacial score (nSPS) is 12.0. The molecule has 2 amide bonds. The fourth-order valence-electron chi connectivity index (χ4n) is 1.94. The summed E-state index contributed by atoms with van der Waals surface area (Å²) in [5, 5.41) is 7.93. The van der Waals surface area contributed by atoms with Crippen LogP contribution in [-0.4, -0.2) is 17.9 Å². The monoisotopic (exact) mass is 336 g/mol. The second-order valence-corrected chi connectivity index (χ2v) is 6.56. The Balaban J connectivity index is 2.07. The SMILES string of the molecule is CC(C)[C@@H](NC(=O)c1cccs1)C(=O)Nc1cccc(Cl)c1. The van der Waals surface area contributed by atoms with Crippen LogP contribution in [0.2, 0.25) is 5.02 Å². The van der Waals surface area contributed by atoms with Gasteiger partial charge in [-0.25, -0.2) is 0 Å². The van der Waals surface area contributed by atoms with Crippen LogP contribution in [0.25, 0.3) is 0 Å². The first-order valence-electron chi connectivity index (χ1n) is 6.88. The lowest BCUT2D eigenvalue weighted by atomic mass is 10.0. The van der Waals surface area contributed by atoms with E-state index in [9.17, 15) is 9.59 Å². The zero-order valence-corrected chi connectivity index (χ0v) is 13.9. The van der Waals surface area contributed by atoms with Crippen LogP contribution in [0, 0.1) is 5.92 Å². The van der Waals surface area contributed by atoms with E-state index in [0.29, 0.717) is 15.6 Å². The minimum atomic E-state index is -0.617. The highest BCUT2D eigenvalue weighted by Crippen LogP contribution is 2.16. The molecule has 0 spiro atoms. The summed E-state index contributed by atoms with van der Waals surface area (Å²) in [4.78, 5) is 25.1. The van der Waals surface area contributed by atoms with Crippen molar-refractivity contribution in [2.45, 2.75) is 19.9 Å². The van der Waals surface area contributed by atoms with E-state index in [1.54, 1.807) is 36.4 Å². The van der Waals surface area contributed by atoms with Gasteiger partial charge in [0.05, 0.1) is 4.88 Å². The molecule has 0 aliphatic heterocycles. The molecule has 0 radical (unpaired) electrons. The van der Waals surface area contributed by atoms with Crippen molar-refractivity contribution >= 4 is 40.4 Å². The van der Waals surface area contributed by atoms with E-state index in [4.69, 9.17) is 11.6 Å². The third-order valence-corrected chi connectivity index (χ3v) is 4.18. The van der Waals surface area contributed by atoms with Crippen LogP contribution in [0.15, 0.2) is 41.8 Å². The number of hydrogen-bond donors (Lipinski definition) is 2. The van der Waals surface area contributed by atoms with E-state index in [2.05, 4.69) is 10.6 Å². The zero-order valence-electron chi connectivity index (χ0n) is 12.3. The van der Waals surface area contributed by atoms with Crippen molar-refractivity contribution in [2.75, 3.05) is 5.32 Å². The van der Waals surface area contributed by atoms with Crippen molar-refractivity contribution in [3.63, 3.8) is 0 Å². The molecule has 22 heavy (non-hydrogen) atoms. The summed E-state index contributed by atoms with van der Waals surface area (Å²) in [7, 11) is 0. The molecule has 0 aliphatic carbocycles. The molecule has 0 unspecified atom stereocenters. The Morgan fingerprint density at radius 2 is 1.95 bits per heavy atom. The molecular weight excluding hydrogens is 320 g/mol. The molecule has 1 heterocycles. The van der Waals surface area contributed by atoms with E-state index in [1.165, 1.54) is 11.3 Å². The Kier molecular flexibility index (Phi) is 5.57. The number of carbonyl (C=O) groups is 2. The summed E-state index contributed by atoms with van der Waals surface area (Å²) in [6.07, 6.45) is 0. The standard InChI is InChI=1S/C16H17ClN2O2S/c1-10(2)14(19-15(20)13-7-4-8-22-13)16(21)18-12-6-3-5-11(17)9-12/h3-10,14H,1-2H3,(H,18,21)(H,19,20)/t14-/m1/s1. The topological polar surface area (TPSA) is 58.2 Å². The summed E-state index contributed by atoms with van der Waals surface area (Å²) >= 11 is 7.24. The molecule has 1 atom stereocenters. The van der Waals surface area contributed by atoms with Crippen LogP contribution in [0.3, 0.4) is 0 Å². The van der Waals surface area contributed by atoms with Crippen LogP contribution >= 0.6 is 22.9 Å². The molecule has 4 nitrogen and oxygen atoms in total. The number of nitrogens with one attached hydrogen (secondary N) is 2. The number of amides is 2. The lowest BCUT2D eigenvalue weighted by Crippen LogP contribution is -2.46. The van der Waals surface area contributed by atoms with Gasteiger partial charge in [0, 0.05) is 10.7 Å². The molecule has 6 heteroatoms. The molecule has 0 fully saturated rings. The largest absolute Gasteiger partial charge is 0.339 e. The summed E-state index contributed by atoms with van der Waals surface area (Å²) < 4.78 is 0. The zero-order chi connectivity index (χ0) is 16.1. The first kappa shape index (κ1) is 16.5. The van der Waals surface area contributed by atoms with Gasteiger partial charge in [-0.1, -0.05) is 37.6 Å². The summed E-state index contributed by atoms with van der Waals surface area (Å²) in [5.74, 6) is -0.541. The van der Waals surface area contributed by atoms with Gasteiger partial charge in [0.25, 0.3) is 5.91 Å². The quantitative estimate of drug-likeness (QED) is 0.872. The van der Waals surface area contributed by atoms with Gasteiger partial charge >= 0.3 is 0 Å². The van der Waals surface area contributed by atoms with Gasteiger partial charge in [0.1, 0.15) is 6.04 Å². The molecule has 0 bridgehead atoms. The maximum atomic E-state index is 12.4. The molecule has 0 saturated carbocycles. The first-order valence-corrected chi connectivity index (χ1v) is 8.14. The molecular formula is C16H17ClN2O2S. The predicted octanol–water partition coefficient (Wildman–Crippen LogP) is 3.79. The smallest absolute Gasteiger partial charge is 0.262 e. The van der Waals surface area contributed by atoms with Crippen LogP contribution in [0.4, 0.5) is 5.69 Å². The second kappa shape index (κ2) is 7.42. The number of rotatable bonds is 5. The predicted molar refractivity (Wildman–Crippen MR) is 90.5 cm³/mol. The van der Waals surface area contributed by atoms with E-state index in [-0.39, 0.29) is 17.7 Å². The highest BCUT2D eigenvalue weighted by atomic mass is 35.5. The lowest BCUT2D eigenvalue weighted by molar-refractivity contribution is -0.118. The van der Waals surface area contributed by atoms with Crippen LogP contribution in [0.5, 0.6) is 0 Å². The molecule has 1 aromatic heterocycles. The van der Waals surface area contributed by atoms with Crippen molar-refractivity contribution in [3.05, 3.63) is 51.7 Å². The highest BCUT2D eigenvalue weighted by molar-refractivity contribution is 7.12. The van der Waals surface area contributed by atoms with E-state index in [0.717, 1.165) is 0 Å². The minimum absolute atomic E-state index is 0.0388. The molecule has 0 aliphatic rings. The van der Waals surface area contributed by atoms with Crippen molar-refractivity contribution in [2.24, 2.45) is 5.92 Å². The van der Waals surface area contributed by atoms with Crippen LogP contribution in [-0.2, 0) is 4.79 Å². The Morgan fingerprint density at radius 3 is 2.55 bits per heavy atom. The molecule has 2 rings (SSSR count). The van der Waals surface area contributed by atoms with Gasteiger partial charge in [0.2, 0.25) is 5.91 Å². The van der Waals surface area contributed by atoms with Crippen molar-refractivity contribution < 1.29 is 9.59 Å². The Bertz CT molecular complexity index is 656. The van der Waals surface area contributed by atoms with Gasteiger partial charge < -0.3 is 10.6 Å². The number of thiophene rings is 1. The van der Waals surface area contributed by atoms with Crippen LogP contribution < -0.4 is 10.6 Å². The minimum Gasteiger partial charge on any atom is -0.339 e. The highest BCUT2D eigenvalue weighted by Gasteiger charge is 2.25. The van der Waals surface area contributed by atoms with E-state index in [1.807, 2.05) is 19.2 Å². The van der Waals surface area contributed by atoms with E-state index < -0.39 is 6.04 Å². The van der Waals surface area contributed by atoms with Gasteiger partial charge in [-0.05, 0) is 35.6 Å². The average molecular weight is 337 g/mol. The Labute approximate surface area is 138 Å². The number of halogens is 1. The molecule has 116 valence electrons. The van der Waals surface area contributed by atoms with E-state index >= 15 is 0 Å². The first-order chi connectivity index (χ1) is 10.5. The molecule has 1 aromatic carbocycles. The van der Waals surface area contributed by atoms with Gasteiger partial charge in [0.15, 0.2) is 0 Å². The molecule has 2 N–H and O–H groups in total. The Hall–Kier alpha value is -1.85. The van der Waals surface area contributed by atoms with Crippen molar-refractivity contribution in [1.82, 2.24) is 5.32 Å². The van der Waals surface area contributed by atoms with Crippen molar-refractivity contribution in [3.8, 4) is 0 Å². The number of hydrogen-bond acceptors (Lipinski definition) is 3. The fraction of sp³-hybridized carbons (Fsp3) is 0.250. The molecule has 0 saturated heterocycles. The third-order valence-electron chi connectivity index (χ3n) is 3.07. The van der Waals surface area contributed by atoms with Gasteiger partial charge in [-0.2, -0.15) is 0 Å². The summed E-state index contributed by atoms with van der Waals surface area (Å²) in [5.41, 5.74) is 0.605. The van der Waals surface area contributed by atoms with Gasteiger partial charge in [-0.3, -0.25) is 9.59 Å². The summed E-state index contributed by atoms with van der Waals surface area (Å²) in [6.45, 7) is 3.77. The lowest BCUT2D eigenvalue weighted by Gasteiger charge is -2.21. The maximum absolute atomic E-state index is 12.4.